The lowest BCUT2D eigenvalue weighted by Gasteiger charge is -2.22. The Morgan fingerprint density at radius 2 is 1.51 bits per heavy atom. The fourth-order valence-electron chi connectivity index (χ4n) is 4.52. The largest absolute Gasteiger partial charge is 0.492 e. The minimum absolute atomic E-state index is 0.164. The zero-order valence-corrected chi connectivity index (χ0v) is 24.8. The van der Waals surface area contributed by atoms with Crippen LogP contribution in [0.1, 0.15) is 75.4 Å². The molecule has 0 bridgehead atoms. The van der Waals surface area contributed by atoms with Crippen LogP contribution in [-0.2, 0) is 16.4 Å². The molecule has 0 N–H and O–H groups in total. The number of carbonyl (C=O) groups is 1. The van der Waals surface area contributed by atoms with Gasteiger partial charge in [0, 0.05) is 31.0 Å². The van der Waals surface area contributed by atoms with Crippen LogP contribution in [0.3, 0.4) is 0 Å². The summed E-state index contributed by atoms with van der Waals surface area (Å²) >= 11 is 0. The number of nitrogens with zero attached hydrogens (tertiary/aromatic N) is 2. The molecule has 0 radical (unpaired) electrons. The second-order valence-corrected chi connectivity index (χ2v) is 12.0. The van der Waals surface area contributed by atoms with E-state index in [1.807, 2.05) is 13.0 Å². The molecule has 1 heterocycles. The van der Waals surface area contributed by atoms with Gasteiger partial charge in [0.2, 0.25) is 10.0 Å². The van der Waals surface area contributed by atoms with Crippen molar-refractivity contribution in [1.29, 1.82) is 0 Å². The number of Topliss-reactive ketones (excluding diaryl/α,β-unsaturated/α-hetero) is 1. The first-order valence-corrected chi connectivity index (χ1v) is 15.7. The third-order valence-electron chi connectivity index (χ3n) is 6.92. The number of ketones is 1. The summed E-state index contributed by atoms with van der Waals surface area (Å²) in [6.07, 6.45) is 6.97. The highest BCUT2D eigenvalue weighted by molar-refractivity contribution is 7.89. The molecule has 0 saturated heterocycles. The monoisotopic (exact) mass is 556 g/mol. The van der Waals surface area contributed by atoms with Crippen LogP contribution in [0.15, 0.2) is 57.8 Å². The number of para-hydroxylation sites is 1. The van der Waals surface area contributed by atoms with E-state index < -0.39 is 10.0 Å². The Bertz CT molecular complexity index is 1280. The number of carbonyl (C=O) groups excluding carboxylic acids is 1. The summed E-state index contributed by atoms with van der Waals surface area (Å²) in [6.45, 7) is 9.81. The molecule has 0 aliphatic rings. The van der Waals surface area contributed by atoms with E-state index in [9.17, 15) is 13.2 Å². The first-order valence-electron chi connectivity index (χ1n) is 14.3. The minimum Gasteiger partial charge on any atom is -0.492 e. The fourth-order valence-corrected chi connectivity index (χ4v) is 6.00. The number of aryl methyl sites for hydroxylation is 1. The summed E-state index contributed by atoms with van der Waals surface area (Å²) < 4.78 is 40.2. The maximum absolute atomic E-state index is 13.6. The van der Waals surface area contributed by atoms with Gasteiger partial charge < -0.3 is 9.15 Å². The van der Waals surface area contributed by atoms with Gasteiger partial charge in [0.1, 0.15) is 28.6 Å². The lowest BCUT2D eigenvalue weighted by molar-refractivity contribution is 0.0972. The Morgan fingerprint density at radius 1 is 0.872 bits per heavy atom. The summed E-state index contributed by atoms with van der Waals surface area (Å²) in [5.74, 6) is 0.867. The number of likely N-dealkylation sites (N-methyl/N-ethyl adjacent to an activating group) is 1. The van der Waals surface area contributed by atoms with Crippen LogP contribution in [-0.4, -0.2) is 63.2 Å². The molecule has 1 aromatic heterocycles. The first-order chi connectivity index (χ1) is 18.8. The van der Waals surface area contributed by atoms with Gasteiger partial charge in [-0.1, -0.05) is 52.2 Å². The van der Waals surface area contributed by atoms with Crippen LogP contribution >= 0.6 is 0 Å². The van der Waals surface area contributed by atoms with Gasteiger partial charge in [0.25, 0.3) is 0 Å². The molecular weight excluding hydrogens is 512 g/mol. The van der Waals surface area contributed by atoms with Crippen molar-refractivity contribution in [3.05, 3.63) is 59.9 Å². The lowest BCUT2D eigenvalue weighted by Crippen LogP contribution is -2.32. The predicted molar refractivity (Wildman–Crippen MR) is 157 cm³/mol. The molecule has 3 rings (SSSR count). The van der Waals surface area contributed by atoms with Crippen molar-refractivity contribution in [2.24, 2.45) is 0 Å². The molecule has 2 aromatic carbocycles. The summed E-state index contributed by atoms with van der Waals surface area (Å²) in [4.78, 5) is 15.6. The van der Waals surface area contributed by atoms with Crippen LogP contribution in [0.5, 0.6) is 5.75 Å². The van der Waals surface area contributed by atoms with Crippen LogP contribution in [0.25, 0.3) is 11.0 Å². The van der Waals surface area contributed by atoms with Gasteiger partial charge in [0.05, 0.1) is 6.54 Å². The van der Waals surface area contributed by atoms with Gasteiger partial charge in [-0.05, 0) is 68.8 Å². The lowest BCUT2D eigenvalue weighted by atomic mass is 10.1. The summed E-state index contributed by atoms with van der Waals surface area (Å²) in [5.41, 5.74) is 0.983. The number of unbranched alkanes of at least 4 members (excludes halogenated alkanes) is 3. The Balaban J connectivity index is 1.63. The molecule has 8 heteroatoms. The highest BCUT2D eigenvalue weighted by Gasteiger charge is 2.31. The molecular formula is C31H44N2O5S. The Hall–Kier alpha value is -2.68. The van der Waals surface area contributed by atoms with Crippen molar-refractivity contribution in [3.63, 3.8) is 0 Å². The molecule has 3 aromatic rings. The van der Waals surface area contributed by atoms with Gasteiger partial charge in [-0.15, -0.1) is 0 Å². The van der Waals surface area contributed by atoms with E-state index in [2.05, 4.69) is 18.7 Å². The maximum Gasteiger partial charge on any atom is 0.247 e. The van der Waals surface area contributed by atoms with Crippen LogP contribution in [0.2, 0.25) is 0 Å². The highest BCUT2D eigenvalue weighted by Crippen LogP contribution is 2.33. The zero-order chi connectivity index (χ0) is 28.3. The number of sulfonamides is 1. The third kappa shape index (κ3) is 8.40. The molecule has 214 valence electrons. The Morgan fingerprint density at radius 3 is 2.15 bits per heavy atom. The molecule has 0 unspecified atom stereocenters. The number of furan rings is 1. The van der Waals surface area contributed by atoms with E-state index in [4.69, 9.17) is 9.15 Å². The molecule has 0 aliphatic heterocycles. The van der Waals surface area contributed by atoms with Crippen LogP contribution in [0.4, 0.5) is 0 Å². The Labute approximate surface area is 234 Å². The summed E-state index contributed by atoms with van der Waals surface area (Å²) in [6, 6.07) is 14.1. The second kappa shape index (κ2) is 15.2. The topological polar surface area (TPSA) is 80.1 Å². The first kappa shape index (κ1) is 30.9. The fraction of sp³-hybridized carbons (Fsp3) is 0.516. The van der Waals surface area contributed by atoms with Crippen molar-refractivity contribution in [3.8, 4) is 5.75 Å². The maximum atomic E-state index is 13.6. The van der Waals surface area contributed by atoms with E-state index in [1.165, 1.54) is 32.7 Å². The van der Waals surface area contributed by atoms with Crippen molar-refractivity contribution in [1.82, 2.24) is 9.21 Å². The number of hydrogen-bond acceptors (Lipinski definition) is 6. The van der Waals surface area contributed by atoms with E-state index in [1.54, 1.807) is 42.5 Å². The number of rotatable bonds is 18. The van der Waals surface area contributed by atoms with Gasteiger partial charge in [-0.2, -0.15) is 4.31 Å². The average molecular weight is 557 g/mol. The molecule has 0 saturated carbocycles. The smallest absolute Gasteiger partial charge is 0.247 e. The van der Waals surface area contributed by atoms with Gasteiger partial charge in [-0.25, -0.2) is 8.42 Å². The molecule has 0 aliphatic carbocycles. The summed E-state index contributed by atoms with van der Waals surface area (Å²) in [5, 5.41) is 0.548. The van der Waals surface area contributed by atoms with Gasteiger partial charge >= 0.3 is 0 Å². The molecule has 0 amide bonds. The summed E-state index contributed by atoms with van der Waals surface area (Å²) in [7, 11) is -2.50. The van der Waals surface area contributed by atoms with Gasteiger partial charge in [-0.3, -0.25) is 9.69 Å². The van der Waals surface area contributed by atoms with Crippen LogP contribution < -0.4 is 4.74 Å². The van der Waals surface area contributed by atoms with Crippen molar-refractivity contribution in [2.45, 2.75) is 70.6 Å². The predicted octanol–water partition coefficient (Wildman–Crippen LogP) is 6.56. The third-order valence-corrected chi connectivity index (χ3v) is 8.83. The van der Waals surface area contributed by atoms with E-state index in [-0.39, 0.29) is 17.2 Å². The highest BCUT2D eigenvalue weighted by atomic mass is 32.2. The normalized spacial score (nSPS) is 12.1. The quantitative estimate of drug-likeness (QED) is 0.165. The minimum atomic E-state index is -3.94. The molecule has 0 atom stereocenters. The van der Waals surface area contributed by atoms with Crippen LogP contribution in [0, 0.1) is 0 Å². The standard InChI is InChI=1S/C31H44N2O5S/c1-5-8-14-30-31(27-13-11-12-15-29(27)38-30)39(35,36)32(4)24-28(34)25-16-18-26(19-17-25)37-23-22-33(20-9-6-2)21-10-7-3/h11-13,15-19H,5-10,14,20-24H2,1-4H3. The SMILES string of the molecule is CCCCc1oc2ccccc2c1S(=O)(=O)N(C)CC(=O)c1ccc(OCCN(CCCC)CCCC)cc1. The van der Waals surface area contributed by atoms with E-state index >= 15 is 0 Å². The number of ether oxygens (including phenoxy) is 1. The molecule has 39 heavy (non-hydrogen) atoms. The molecule has 0 fully saturated rings. The number of fused-ring (bicyclic) bond motifs is 1. The van der Waals surface area contributed by atoms with Gasteiger partial charge in [0.15, 0.2) is 5.78 Å². The molecule has 0 spiro atoms. The van der Waals surface area contributed by atoms with Crippen molar-refractivity contribution in [2.75, 3.05) is 39.8 Å². The number of benzene rings is 2. The molecule has 7 nitrogen and oxygen atoms in total. The van der Waals surface area contributed by atoms with Crippen molar-refractivity contribution >= 4 is 26.8 Å². The van der Waals surface area contributed by atoms with E-state index in [0.29, 0.717) is 41.1 Å². The average Bonchev–Trinajstić information content (AvgIpc) is 3.32. The second-order valence-electron chi connectivity index (χ2n) is 10.1. The zero-order valence-electron chi connectivity index (χ0n) is 23.9. The van der Waals surface area contributed by atoms with E-state index in [0.717, 1.165) is 36.8 Å². The Kier molecular flexibility index (Phi) is 12.0. The number of hydrogen-bond donors (Lipinski definition) is 0. The van der Waals surface area contributed by atoms with Crippen molar-refractivity contribution < 1.29 is 22.4 Å².